The van der Waals surface area contributed by atoms with E-state index in [0.29, 0.717) is 28.2 Å². The van der Waals surface area contributed by atoms with Gasteiger partial charge in [0.15, 0.2) is 5.13 Å². The van der Waals surface area contributed by atoms with Gasteiger partial charge in [-0.05, 0) is 36.6 Å². The minimum atomic E-state index is -0.212. The lowest BCUT2D eigenvalue weighted by Gasteiger charge is -2.10. The summed E-state index contributed by atoms with van der Waals surface area (Å²) in [4.78, 5) is 29.5. The van der Waals surface area contributed by atoms with E-state index in [1.165, 1.54) is 17.5 Å². The number of aromatic nitrogens is 4. The lowest BCUT2D eigenvalue weighted by Crippen LogP contribution is -2.12. The van der Waals surface area contributed by atoms with Crippen LogP contribution in [0, 0.1) is 13.8 Å². The molecule has 0 spiro atoms. The molecule has 0 aliphatic carbocycles. The van der Waals surface area contributed by atoms with E-state index < -0.39 is 0 Å². The zero-order valence-electron chi connectivity index (χ0n) is 14.5. The summed E-state index contributed by atoms with van der Waals surface area (Å²) in [6.45, 7) is 5.84. The first-order valence-electron chi connectivity index (χ1n) is 7.97. The third-order valence-corrected chi connectivity index (χ3v) is 4.72. The second-order valence-electron chi connectivity index (χ2n) is 5.57. The maximum Gasteiger partial charge on any atom is 0.267 e. The molecule has 1 aromatic carbocycles. The largest absolute Gasteiger partial charge is 0.321 e. The standard InChI is InChI=1S/C17H17ClN6OS/c1-4-12-20-15(18)23-16(21-12)24-17-19-8-11(26-17)14(25)22-13-9(2)6-5-7-10(13)3/h5-8H,4H2,1-3H3,(H,22,25)(H,19,20,21,23,24). The van der Waals surface area contributed by atoms with Crippen molar-refractivity contribution in [2.75, 3.05) is 10.6 Å². The van der Waals surface area contributed by atoms with Gasteiger partial charge in [0.25, 0.3) is 5.91 Å². The molecule has 3 rings (SSSR count). The van der Waals surface area contributed by atoms with Crippen molar-refractivity contribution in [3.63, 3.8) is 0 Å². The maximum absolute atomic E-state index is 12.5. The third kappa shape index (κ3) is 4.14. The minimum absolute atomic E-state index is 0.115. The van der Waals surface area contributed by atoms with Gasteiger partial charge in [-0.25, -0.2) is 9.97 Å². The van der Waals surface area contributed by atoms with Crippen molar-refractivity contribution in [3.8, 4) is 0 Å². The Labute approximate surface area is 159 Å². The average molecular weight is 389 g/mol. The predicted molar refractivity (Wildman–Crippen MR) is 103 cm³/mol. The van der Waals surface area contributed by atoms with E-state index in [1.54, 1.807) is 0 Å². The van der Waals surface area contributed by atoms with Crippen LogP contribution >= 0.6 is 22.9 Å². The summed E-state index contributed by atoms with van der Waals surface area (Å²) in [5.74, 6) is 0.672. The number of halogens is 1. The molecule has 2 aromatic heterocycles. The fourth-order valence-electron chi connectivity index (χ4n) is 2.32. The molecule has 0 saturated carbocycles. The van der Waals surface area contributed by atoms with Crippen LogP contribution < -0.4 is 10.6 Å². The lowest BCUT2D eigenvalue weighted by atomic mass is 10.1. The quantitative estimate of drug-likeness (QED) is 0.681. The molecule has 0 saturated heterocycles. The Morgan fingerprint density at radius 1 is 1.19 bits per heavy atom. The van der Waals surface area contributed by atoms with Gasteiger partial charge in [0.1, 0.15) is 10.7 Å². The fourth-order valence-corrected chi connectivity index (χ4v) is 3.21. The van der Waals surface area contributed by atoms with E-state index in [0.717, 1.165) is 16.8 Å². The Kier molecular flexibility index (Phi) is 5.43. The summed E-state index contributed by atoms with van der Waals surface area (Å²) in [6, 6.07) is 5.87. The van der Waals surface area contributed by atoms with Crippen molar-refractivity contribution < 1.29 is 4.79 Å². The number of anilines is 3. The smallest absolute Gasteiger partial charge is 0.267 e. The van der Waals surface area contributed by atoms with Crippen molar-refractivity contribution in [1.29, 1.82) is 0 Å². The zero-order valence-corrected chi connectivity index (χ0v) is 16.1. The molecule has 0 radical (unpaired) electrons. The van der Waals surface area contributed by atoms with E-state index in [2.05, 4.69) is 30.6 Å². The molecule has 134 valence electrons. The monoisotopic (exact) mass is 388 g/mol. The normalized spacial score (nSPS) is 10.6. The molecule has 7 nitrogen and oxygen atoms in total. The first-order valence-corrected chi connectivity index (χ1v) is 9.16. The van der Waals surface area contributed by atoms with Gasteiger partial charge < -0.3 is 5.32 Å². The number of hydrogen-bond donors (Lipinski definition) is 2. The number of nitrogens with zero attached hydrogens (tertiary/aromatic N) is 4. The van der Waals surface area contributed by atoms with E-state index in [9.17, 15) is 4.79 Å². The van der Waals surface area contributed by atoms with Crippen molar-refractivity contribution in [3.05, 3.63) is 51.5 Å². The van der Waals surface area contributed by atoms with Crippen LogP contribution in [0.2, 0.25) is 5.28 Å². The molecule has 0 bridgehead atoms. The number of thiazole rings is 1. The predicted octanol–water partition coefficient (Wildman–Crippen LogP) is 4.16. The Morgan fingerprint density at radius 2 is 1.92 bits per heavy atom. The highest BCUT2D eigenvalue weighted by molar-refractivity contribution is 7.17. The second kappa shape index (κ2) is 7.76. The van der Waals surface area contributed by atoms with Gasteiger partial charge in [0, 0.05) is 12.1 Å². The van der Waals surface area contributed by atoms with Crippen LogP contribution in [0.25, 0.3) is 0 Å². The van der Waals surface area contributed by atoms with Crippen molar-refractivity contribution in [1.82, 2.24) is 19.9 Å². The van der Waals surface area contributed by atoms with Gasteiger partial charge in [-0.15, -0.1) is 0 Å². The molecule has 9 heteroatoms. The topological polar surface area (TPSA) is 92.7 Å². The number of amides is 1. The number of hydrogen-bond acceptors (Lipinski definition) is 7. The Balaban J connectivity index is 1.75. The first kappa shape index (κ1) is 18.2. The van der Waals surface area contributed by atoms with Crippen LogP contribution in [0.4, 0.5) is 16.8 Å². The zero-order chi connectivity index (χ0) is 18.7. The average Bonchev–Trinajstić information content (AvgIpc) is 3.06. The summed E-state index contributed by atoms with van der Waals surface area (Å²) in [6.07, 6.45) is 2.15. The Bertz CT molecular complexity index is 938. The first-order chi connectivity index (χ1) is 12.5. The van der Waals surface area contributed by atoms with Gasteiger partial charge >= 0.3 is 0 Å². The van der Waals surface area contributed by atoms with Crippen molar-refractivity contribution >= 4 is 45.6 Å². The number of aryl methyl sites for hydroxylation is 3. The van der Waals surface area contributed by atoms with E-state index in [1.807, 2.05) is 39.0 Å². The summed E-state index contributed by atoms with van der Waals surface area (Å²) in [5, 5.41) is 6.52. The third-order valence-electron chi connectivity index (χ3n) is 3.64. The molecule has 0 fully saturated rings. The maximum atomic E-state index is 12.5. The van der Waals surface area contributed by atoms with E-state index in [-0.39, 0.29) is 11.2 Å². The highest BCUT2D eigenvalue weighted by atomic mass is 35.5. The van der Waals surface area contributed by atoms with Crippen LogP contribution in [0.1, 0.15) is 33.5 Å². The molecule has 0 unspecified atom stereocenters. The molecule has 1 amide bonds. The van der Waals surface area contributed by atoms with Crippen molar-refractivity contribution in [2.45, 2.75) is 27.2 Å². The van der Waals surface area contributed by atoms with Gasteiger partial charge in [0.2, 0.25) is 11.2 Å². The number of carbonyl (C=O) groups excluding carboxylic acids is 1. The molecule has 0 aliphatic rings. The molecule has 26 heavy (non-hydrogen) atoms. The van der Waals surface area contributed by atoms with Crippen LogP contribution in [0.15, 0.2) is 24.4 Å². The molecule has 0 atom stereocenters. The van der Waals surface area contributed by atoms with Crippen LogP contribution in [0.5, 0.6) is 0 Å². The molecule has 3 aromatic rings. The molecule has 2 heterocycles. The number of benzene rings is 1. The van der Waals surface area contributed by atoms with Crippen LogP contribution in [-0.2, 0) is 6.42 Å². The number of para-hydroxylation sites is 1. The highest BCUT2D eigenvalue weighted by Crippen LogP contribution is 2.24. The second-order valence-corrected chi connectivity index (χ2v) is 6.94. The highest BCUT2D eigenvalue weighted by Gasteiger charge is 2.14. The molecular weight excluding hydrogens is 372 g/mol. The van der Waals surface area contributed by atoms with E-state index in [4.69, 9.17) is 11.6 Å². The SMILES string of the molecule is CCc1nc(Cl)nc(Nc2ncc(C(=O)Nc3c(C)cccc3C)s2)n1. The minimum Gasteiger partial charge on any atom is -0.321 e. The number of carbonyl (C=O) groups is 1. The summed E-state index contributed by atoms with van der Waals surface area (Å²) < 4.78 is 0. The fraction of sp³-hybridized carbons (Fsp3) is 0.235. The Hall–Kier alpha value is -2.58. The molecular formula is C17H17ClN6OS. The van der Waals surface area contributed by atoms with E-state index >= 15 is 0 Å². The van der Waals surface area contributed by atoms with Gasteiger partial charge in [-0.1, -0.05) is 36.5 Å². The van der Waals surface area contributed by atoms with Crippen LogP contribution in [-0.4, -0.2) is 25.8 Å². The summed E-state index contributed by atoms with van der Waals surface area (Å²) in [7, 11) is 0. The van der Waals surface area contributed by atoms with Gasteiger partial charge in [-0.3, -0.25) is 10.1 Å². The van der Waals surface area contributed by atoms with Crippen LogP contribution in [0.3, 0.4) is 0 Å². The van der Waals surface area contributed by atoms with Crippen molar-refractivity contribution in [2.24, 2.45) is 0 Å². The summed E-state index contributed by atoms with van der Waals surface area (Å²) in [5.41, 5.74) is 2.83. The number of rotatable bonds is 5. The molecule has 2 N–H and O–H groups in total. The summed E-state index contributed by atoms with van der Waals surface area (Å²) >= 11 is 7.10. The number of nitrogens with one attached hydrogen (secondary N) is 2. The van der Waals surface area contributed by atoms with Gasteiger partial charge in [0.05, 0.1) is 6.20 Å². The molecule has 0 aliphatic heterocycles. The lowest BCUT2D eigenvalue weighted by molar-refractivity contribution is 0.103. The van der Waals surface area contributed by atoms with Gasteiger partial charge in [-0.2, -0.15) is 9.97 Å². The Morgan fingerprint density at radius 3 is 2.62 bits per heavy atom.